The molecule has 0 aliphatic rings. The Bertz CT molecular complexity index is 4050. The van der Waals surface area contributed by atoms with E-state index < -0.39 is 0 Å². The van der Waals surface area contributed by atoms with Gasteiger partial charge >= 0.3 is 0 Å². The van der Waals surface area contributed by atoms with Crippen LogP contribution in [0.5, 0.6) is 0 Å². The van der Waals surface area contributed by atoms with Gasteiger partial charge in [-0.1, -0.05) is 254 Å². The molecule has 89 heavy (non-hydrogen) atoms. The van der Waals surface area contributed by atoms with Crippen LogP contribution in [0, 0.1) is 27.7 Å². The molecule has 0 aliphatic heterocycles. The number of aromatic amines is 4. The third-order valence-corrected chi connectivity index (χ3v) is 13.2. The van der Waals surface area contributed by atoms with Crippen molar-refractivity contribution in [3.63, 3.8) is 0 Å². The lowest BCUT2D eigenvalue weighted by atomic mass is 10.0. The highest BCUT2D eigenvalue weighted by Gasteiger charge is 2.19. The number of imidazole rings is 3. The number of nitrogens with zero attached hydrogens (tertiary/aromatic N) is 4. The second kappa shape index (κ2) is 33.8. The molecule has 0 aliphatic carbocycles. The van der Waals surface area contributed by atoms with Crippen LogP contribution >= 0.6 is 0 Å². The summed E-state index contributed by atoms with van der Waals surface area (Å²) in [5, 5.41) is 0. The first-order chi connectivity index (χ1) is 43.5. The number of rotatable bonds is 8. The van der Waals surface area contributed by atoms with E-state index in [0.29, 0.717) is 11.8 Å². The van der Waals surface area contributed by atoms with E-state index in [-0.39, 0.29) is 5.78 Å². The maximum atomic E-state index is 9.44. The smallest absolute Gasteiger partial charge is 0.285 e. The molecule has 0 bridgehead atoms. The fourth-order valence-electron chi connectivity index (χ4n) is 9.36. The van der Waals surface area contributed by atoms with E-state index >= 15 is 0 Å². The maximum Gasteiger partial charge on any atom is 0.285 e. The molecule has 4 N–H and O–H groups in total. The number of aromatic nitrogens is 8. The molecule has 0 unspecified atom stereocenters. The van der Waals surface area contributed by atoms with E-state index in [1.165, 1.54) is 19.4 Å². The van der Waals surface area contributed by atoms with Crippen LogP contribution in [0.4, 0.5) is 0 Å². The van der Waals surface area contributed by atoms with Crippen LogP contribution in [0.25, 0.3) is 113 Å². The molecule has 0 fully saturated rings. The van der Waals surface area contributed by atoms with Crippen molar-refractivity contribution in [1.29, 1.82) is 0 Å². The van der Waals surface area contributed by atoms with Gasteiger partial charge in [0.1, 0.15) is 34.2 Å². The molecule has 14 rings (SSSR count). The Kier molecular flexibility index (Phi) is 25.0. The zero-order valence-electron chi connectivity index (χ0n) is 53.2. The van der Waals surface area contributed by atoms with Gasteiger partial charge in [0.25, 0.3) is 5.82 Å². The molecule has 0 saturated heterocycles. The number of hydrogen-bond donors (Lipinski definition) is 3. The lowest BCUT2D eigenvalue weighted by molar-refractivity contribution is -0.349. The summed E-state index contributed by atoms with van der Waals surface area (Å²) in [7, 11) is 0. The first kappa shape index (κ1) is 65.8. The van der Waals surface area contributed by atoms with Gasteiger partial charge in [0.15, 0.2) is 28.6 Å². The number of Topliss-reactive ketones (excluding diaryl/α,β-unsaturated/α-hetero) is 1. The molecule has 0 amide bonds. The quantitative estimate of drug-likeness (QED) is 0.137. The Labute approximate surface area is 524 Å². The Morgan fingerprint density at radius 2 is 0.685 bits per heavy atom. The highest BCUT2D eigenvalue weighted by Crippen LogP contribution is 2.34. The van der Waals surface area contributed by atoms with Crippen LogP contribution in [0.15, 0.2) is 258 Å². The molecule has 450 valence electrons. The van der Waals surface area contributed by atoms with Crippen molar-refractivity contribution < 1.29 is 18.6 Å². The number of oxazole rings is 2. The minimum atomic E-state index is 0.167. The van der Waals surface area contributed by atoms with Gasteiger partial charge in [-0.15, -0.1) is 0 Å². The van der Waals surface area contributed by atoms with Gasteiger partial charge in [-0.3, -0.25) is 0 Å². The van der Waals surface area contributed by atoms with Gasteiger partial charge < -0.3 is 23.6 Å². The lowest BCUT2D eigenvalue weighted by Gasteiger charge is -2.02. The topological polar surface area (TPSA) is 156 Å². The number of carbonyl (C=O) groups is 1. The summed E-state index contributed by atoms with van der Waals surface area (Å²) in [6.45, 7) is 22.9. The van der Waals surface area contributed by atoms with Crippen LogP contribution in [0.3, 0.4) is 0 Å². The molecule has 5 aromatic heterocycles. The summed E-state index contributed by atoms with van der Waals surface area (Å²) in [6.07, 6.45) is 0. The maximum absolute atomic E-state index is 9.44. The highest BCUT2D eigenvalue weighted by molar-refractivity contribution is 5.85. The third kappa shape index (κ3) is 18.1. The van der Waals surface area contributed by atoms with Crippen molar-refractivity contribution in [3.8, 4) is 90.3 Å². The van der Waals surface area contributed by atoms with Crippen LogP contribution in [0.2, 0.25) is 0 Å². The SMILES string of the molecule is CC.CC.CC.CC(C)=O.Cc1[nH]c(-c2ccc(-c3[nH]c(C)c(-c4ccccc4)[nH+]3)cc2)nc1-c1ccccc1.Cc1nc2cc(-c3ccc4oc(C)nc4c3)ccc2o1.c1ccc(-c2nc(-c3ccccc3)c(-c3ccccc3)[nH]2)cc1.c1ccccc1. The van der Waals surface area contributed by atoms with Crippen molar-refractivity contribution in [1.82, 2.24) is 34.9 Å². The van der Waals surface area contributed by atoms with E-state index in [2.05, 4.69) is 141 Å². The normalized spacial score (nSPS) is 10.1. The highest BCUT2D eigenvalue weighted by atomic mass is 16.3. The van der Waals surface area contributed by atoms with Crippen LogP contribution in [-0.2, 0) is 4.79 Å². The summed E-state index contributed by atoms with van der Waals surface area (Å²) in [5.74, 6) is 4.30. The van der Waals surface area contributed by atoms with Gasteiger partial charge in [0.05, 0.1) is 22.6 Å². The zero-order valence-corrected chi connectivity index (χ0v) is 53.2. The van der Waals surface area contributed by atoms with Crippen molar-refractivity contribution in [2.75, 3.05) is 0 Å². The number of carbonyl (C=O) groups excluding carboxylic acids is 1. The number of ketones is 1. The summed E-state index contributed by atoms with van der Waals surface area (Å²) in [5.41, 5.74) is 19.7. The van der Waals surface area contributed by atoms with E-state index in [1.54, 1.807) is 0 Å². The Morgan fingerprint density at radius 3 is 1.13 bits per heavy atom. The molecule has 0 radical (unpaired) electrons. The largest absolute Gasteiger partial charge is 0.441 e. The number of hydrogen-bond acceptors (Lipinski definition) is 7. The molecule has 9 aromatic carbocycles. The number of benzene rings is 9. The molecule has 0 saturated carbocycles. The number of fused-ring (bicyclic) bond motifs is 2. The standard InChI is InChI=1S/C26H22N4.C21H16N2.C16H12N2O2.C6H6.C3H6O.3C2H6/c1-17-23(19-9-5-3-6-10-19)29-25(27-17)21-13-15-22(16-14-21)26-28-18(2)24(30-26)20-11-7-4-8-12-20;1-4-10-16(11-5-1)19-20(17-12-6-2-7-13-17)23-21(22-19)18-14-8-3-9-15-18;1-9-17-13-7-11(3-5-15(13)19-9)12-4-6-16-14(8-12)18-10(2)20-16;1-2-4-6-5-3-1;1-3(2)4;3*1-2/h3-16H,1-2H3,(H,27,29)(H,28,30);1-15H,(H,22,23);3-8H,1-2H3;1-6H;1-2H3;3*1-2H3/p+1. The molecule has 11 nitrogen and oxygen atoms in total. The number of H-pyrrole nitrogens is 4. The summed E-state index contributed by atoms with van der Waals surface area (Å²) >= 11 is 0. The zero-order chi connectivity index (χ0) is 63.5. The molecular weight excluding hydrogens is 1100 g/mol. The Morgan fingerprint density at radius 1 is 0.348 bits per heavy atom. The minimum absolute atomic E-state index is 0.167. The second-order valence-corrected chi connectivity index (χ2v) is 19.8. The van der Waals surface area contributed by atoms with E-state index in [4.69, 9.17) is 18.8 Å². The minimum Gasteiger partial charge on any atom is -0.441 e. The van der Waals surface area contributed by atoms with E-state index in [9.17, 15) is 4.79 Å². The van der Waals surface area contributed by atoms with Gasteiger partial charge in [-0.25, -0.2) is 29.9 Å². The molecule has 14 aromatic rings. The Balaban J connectivity index is 0.000000172. The van der Waals surface area contributed by atoms with Crippen molar-refractivity contribution in [2.45, 2.75) is 83.1 Å². The first-order valence-electron chi connectivity index (χ1n) is 30.4. The monoisotopic (exact) mass is 1180 g/mol. The fourth-order valence-corrected chi connectivity index (χ4v) is 9.36. The van der Waals surface area contributed by atoms with Gasteiger partial charge in [0, 0.05) is 59.8 Å². The van der Waals surface area contributed by atoms with Gasteiger partial charge in [-0.2, -0.15) is 0 Å². The molecule has 5 heterocycles. The molecule has 11 heteroatoms. The predicted molar refractivity (Wildman–Crippen MR) is 369 cm³/mol. The van der Waals surface area contributed by atoms with Crippen LogP contribution < -0.4 is 4.98 Å². The molecular formula is C78H81N8O3+. The molecule has 0 atom stereocenters. The summed E-state index contributed by atoms with van der Waals surface area (Å²) in [6, 6.07) is 84.0. The van der Waals surface area contributed by atoms with Gasteiger partial charge in [-0.05, 0) is 68.3 Å². The third-order valence-electron chi connectivity index (χ3n) is 13.2. The average Bonchev–Trinajstić information content (AvgIpc) is 4.40. The fraction of sp³-hybridized carbons (Fsp3) is 0.154. The van der Waals surface area contributed by atoms with Crippen LogP contribution in [0.1, 0.15) is 78.6 Å². The predicted octanol–water partition coefficient (Wildman–Crippen LogP) is 20.9. The van der Waals surface area contributed by atoms with Crippen LogP contribution in [-0.4, -0.2) is 40.7 Å². The van der Waals surface area contributed by atoms with E-state index in [1.807, 2.05) is 207 Å². The lowest BCUT2D eigenvalue weighted by Crippen LogP contribution is -2.05. The Hall–Kier alpha value is -10.8. The van der Waals surface area contributed by atoms with Crippen molar-refractivity contribution in [3.05, 3.63) is 272 Å². The molecule has 0 spiro atoms. The number of aryl methyl sites for hydroxylation is 4. The average molecular weight is 1180 g/mol. The van der Waals surface area contributed by atoms with Gasteiger partial charge in [0.2, 0.25) is 0 Å². The summed E-state index contributed by atoms with van der Waals surface area (Å²) in [4.78, 5) is 41.8. The second-order valence-electron chi connectivity index (χ2n) is 19.8. The number of nitrogens with one attached hydrogen (secondary N) is 4. The first-order valence-corrected chi connectivity index (χ1v) is 30.4. The van der Waals surface area contributed by atoms with Crippen molar-refractivity contribution >= 4 is 28.0 Å². The van der Waals surface area contributed by atoms with E-state index in [0.717, 1.165) is 118 Å². The summed E-state index contributed by atoms with van der Waals surface area (Å²) < 4.78 is 11.0. The van der Waals surface area contributed by atoms with Crippen molar-refractivity contribution in [2.24, 2.45) is 0 Å².